The van der Waals surface area contributed by atoms with Crippen LogP contribution in [0, 0.1) is 5.82 Å². The van der Waals surface area contributed by atoms with Crippen LogP contribution in [-0.2, 0) is 48.8 Å². The maximum absolute atomic E-state index is 16.7. The molecule has 0 unspecified atom stereocenters. The van der Waals surface area contributed by atoms with Gasteiger partial charge >= 0.3 is 28.4 Å². The lowest BCUT2D eigenvalue weighted by Gasteiger charge is -2.28. The van der Waals surface area contributed by atoms with Crippen LogP contribution >= 0.6 is 0 Å². The number of halogens is 1. The van der Waals surface area contributed by atoms with Gasteiger partial charge in [-0.15, -0.1) is 0 Å². The highest BCUT2D eigenvalue weighted by Crippen LogP contribution is 2.44. The van der Waals surface area contributed by atoms with E-state index in [0.29, 0.717) is 9.87 Å². The zero-order valence-corrected chi connectivity index (χ0v) is 28.1. The van der Waals surface area contributed by atoms with Crippen molar-refractivity contribution in [2.24, 2.45) is 0 Å². The molecule has 1 atom stereocenters. The minimum atomic E-state index is -5.03. The normalized spacial score (nSPS) is 13.7. The SMILES string of the molecule is C=CCOC(=O)NS(=O)(=O)N(CC(=O)OC(C)(C)C)c1c(OCc2ccccc2)cc2c(c1F)C[C@H](CNC(=O)OCc1ccccc1)O2. The average molecular weight is 700 g/mol. The van der Waals surface area contributed by atoms with Gasteiger partial charge in [0.1, 0.15) is 49.5 Å². The zero-order chi connectivity index (χ0) is 35.6. The van der Waals surface area contributed by atoms with Crippen molar-refractivity contribution in [2.45, 2.75) is 52.1 Å². The first-order valence-corrected chi connectivity index (χ1v) is 16.6. The summed E-state index contributed by atoms with van der Waals surface area (Å²) in [7, 11) is -5.03. The number of carbonyl (C=O) groups is 3. The third-order valence-corrected chi connectivity index (χ3v) is 8.01. The fraction of sp³-hybridized carbons (Fsp3) is 0.324. The summed E-state index contributed by atoms with van der Waals surface area (Å²) >= 11 is 0. The largest absolute Gasteiger partial charge is 0.488 e. The molecule has 0 spiro atoms. The molecule has 15 heteroatoms. The number of esters is 1. The highest BCUT2D eigenvalue weighted by atomic mass is 32.2. The van der Waals surface area contributed by atoms with E-state index in [1.807, 2.05) is 18.2 Å². The second-order valence-electron chi connectivity index (χ2n) is 11.8. The standard InChI is InChI=1S/C34H38FN3O10S/c1-5-16-44-33(41)37-49(42,43)38(20-29(39)48-34(2,3)4)31-28(45-21-23-12-8-6-9-13-23)18-27-26(30(31)35)17-25(47-27)19-36-32(40)46-22-24-14-10-7-11-15-24/h5-15,18,25H,1,16-17,19-22H2,2-4H3,(H,36,40)(H,37,41)/t25-/m1/s1. The molecule has 262 valence electrons. The fourth-order valence-corrected chi connectivity index (χ4v) is 5.71. The number of rotatable bonds is 14. The molecule has 3 aromatic carbocycles. The molecule has 2 N–H and O–H groups in total. The molecule has 4 rings (SSSR count). The van der Waals surface area contributed by atoms with Crippen LogP contribution in [-0.4, -0.2) is 58.0 Å². The van der Waals surface area contributed by atoms with Crippen molar-refractivity contribution in [2.75, 3.05) is 24.0 Å². The first-order valence-electron chi connectivity index (χ1n) is 15.2. The van der Waals surface area contributed by atoms with Crippen molar-refractivity contribution >= 4 is 34.1 Å². The molecule has 1 aliphatic rings. The highest BCUT2D eigenvalue weighted by Gasteiger charge is 2.38. The van der Waals surface area contributed by atoms with Crippen molar-refractivity contribution < 1.29 is 50.9 Å². The van der Waals surface area contributed by atoms with Crippen LogP contribution in [0.3, 0.4) is 0 Å². The number of ether oxygens (including phenoxy) is 5. The van der Waals surface area contributed by atoms with Crippen LogP contribution in [0.4, 0.5) is 19.7 Å². The Morgan fingerprint density at radius 3 is 2.24 bits per heavy atom. The Balaban J connectivity index is 1.65. The third kappa shape index (κ3) is 10.6. The Hall–Kier alpha value is -5.31. The number of amides is 2. The van der Waals surface area contributed by atoms with E-state index in [2.05, 4.69) is 11.9 Å². The van der Waals surface area contributed by atoms with Crippen LogP contribution in [0.25, 0.3) is 0 Å². The molecule has 3 aromatic rings. The molecule has 0 fully saturated rings. The van der Waals surface area contributed by atoms with Crippen molar-refractivity contribution in [1.82, 2.24) is 10.0 Å². The van der Waals surface area contributed by atoms with Crippen LogP contribution in [0.5, 0.6) is 11.5 Å². The molecule has 1 aliphatic heterocycles. The van der Waals surface area contributed by atoms with Crippen LogP contribution < -0.4 is 23.8 Å². The second kappa shape index (κ2) is 16.2. The monoisotopic (exact) mass is 699 g/mol. The summed E-state index contributed by atoms with van der Waals surface area (Å²) in [6.45, 7) is 6.59. The number of hydrogen-bond donors (Lipinski definition) is 2. The van der Waals surface area contributed by atoms with E-state index < -0.39 is 58.1 Å². The molecule has 0 aliphatic carbocycles. The number of alkyl carbamates (subject to hydrolysis) is 1. The molecule has 2 amide bonds. The van der Waals surface area contributed by atoms with Crippen molar-refractivity contribution in [3.63, 3.8) is 0 Å². The van der Waals surface area contributed by atoms with Gasteiger partial charge in [0.2, 0.25) is 0 Å². The summed E-state index contributed by atoms with van der Waals surface area (Å²) in [4.78, 5) is 37.7. The summed E-state index contributed by atoms with van der Waals surface area (Å²) < 4.78 is 73.2. The Morgan fingerprint density at radius 2 is 1.63 bits per heavy atom. The molecule has 0 saturated heterocycles. The lowest BCUT2D eigenvalue weighted by Crippen LogP contribution is -2.47. The van der Waals surface area contributed by atoms with E-state index in [1.165, 1.54) is 12.1 Å². The maximum atomic E-state index is 16.7. The van der Waals surface area contributed by atoms with Gasteiger partial charge in [-0.3, -0.25) is 4.79 Å². The summed E-state index contributed by atoms with van der Waals surface area (Å²) in [5.74, 6) is -2.42. The van der Waals surface area contributed by atoms with Crippen LogP contribution in [0.2, 0.25) is 0 Å². The van der Waals surface area contributed by atoms with Gasteiger partial charge in [-0.05, 0) is 31.9 Å². The topological polar surface area (TPSA) is 159 Å². The van der Waals surface area contributed by atoms with E-state index in [-0.39, 0.29) is 49.8 Å². The third-order valence-electron chi connectivity index (χ3n) is 6.69. The van der Waals surface area contributed by atoms with Gasteiger partial charge in [0.25, 0.3) is 0 Å². The average Bonchev–Trinajstić information content (AvgIpc) is 3.47. The van der Waals surface area contributed by atoms with Gasteiger partial charge in [-0.2, -0.15) is 8.42 Å². The van der Waals surface area contributed by atoms with Crippen molar-refractivity contribution in [3.05, 3.63) is 102 Å². The quantitative estimate of drug-likeness (QED) is 0.134. The fourth-order valence-electron chi connectivity index (χ4n) is 4.64. The lowest BCUT2D eigenvalue weighted by atomic mass is 10.1. The van der Waals surface area contributed by atoms with Crippen molar-refractivity contribution in [1.29, 1.82) is 0 Å². The number of hydrogen-bond acceptors (Lipinski definition) is 10. The van der Waals surface area contributed by atoms with E-state index in [1.54, 1.807) is 68.0 Å². The molecule has 49 heavy (non-hydrogen) atoms. The summed E-state index contributed by atoms with van der Waals surface area (Å²) in [5, 5.41) is 2.58. The van der Waals surface area contributed by atoms with E-state index >= 15 is 4.39 Å². The van der Waals surface area contributed by atoms with Gasteiger partial charge in [-0.25, -0.2) is 23.0 Å². The second-order valence-corrected chi connectivity index (χ2v) is 13.4. The number of fused-ring (bicyclic) bond motifs is 1. The van der Waals surface area contributed by atoms with Gasteiger partial charge < -0.3 is 29.0 Å². The molecule has 13 nitrogen and oxygen atoms in total. The van der Waals surface area contributed by atoms with Crippen LogP contribution in [0.1, 0.15) is 37.5 Å². The summed E-state index contributed by atoms with van der Waals surface area (Å²) in [6.07, 6.45) is -1.76. The molecular weight excluding hydrogens is 661 g/mol. The van der Waals surface area contributed by atoms with Crippen LogP contribution in [0.15, 0.2) is 79.4 Å². The van der Waals surface area contributed by atoms with Gasteiger partial charge in [0.05, 0.1) is 6.54 Å². The molecule has 0 radical (unpaired) electrons. The van der Waals surface area contributed by atoms with E-state index in [0.717, 1.165) is 5.56 Å². The lowest BCUT2D eigenvalue weighted by molar-refractivity contribution is -0.152. The molecular formula is C34H38FN3O10S. The minimum Gasteiger partial charge on any atom is -0.488 e. The van der Waals surface area contributed by atoms with E-state index in [4.69, 9.17) is 23.7 Å². The zero-order valence-electron chi connectivity index (χ0n) is 27.3. The Labute approximate surface area is 284 Å². The van der Waals surface area contributed by atoms with Gasteiger partial charge in [0.15, 0.2) is 11.6 Å². The summed E-state index contributed by atoms with van der Waals surface area (Å²) in [6, 6.07) is 19.1. The Kier molecular flexibility index (Phi) is 12.1. The Bertz CT molecular complexity index is 1750. The first-order chi connectivity index (χ1) is 23.3. The Morgan fingerprint density at radius 1 is 1.00 bits per heavy atom. The maximum Gasteiger partial charge on any atom is 0.422 e. The predicted molar refractivity (Wildman–Crippen MR) is 177 cm³/mol. The van der Waals surface area contributed by atoms with Crippen molar-refractivity contribution in [3.8, 4) is 11.5 Å². The highest BCUT2D eigenvalue weighted by molar-refractivity contribution is 7.91. The van der Waals surface area contributed by atoms with E-state index in [9.17, 15) is 22.8 Å². The minimum absolute atomic E-state index is 0.0294. The molecule has 0 saturated carbocycles. The molecule has 0 bridgehead atoms. The molecule has 1 heterocycles. The number of benzene rings is 3. The van der Waals surface area contributed by atoms with Gasteiger partial charge in [0, 0.05) is 18.1 Å². The number of nitrogens with one attached hydrogen (secondary N) is 2. The first kappa shape index (κ1) is 36.5. The number of carbonyl (C=O) groups excluding carboxylic acids is 3. The summed E-state index contributed by atoms with van der Waals surface area (Å²) in [5.41, 5.74) is -0.301. The smallest absolute Gasteiger partial charge is 0.422 e. The molecule has 0 aromatic heterocycles. The number of nitrogens with zero attached hydrogens (tertiary/aromatic N) is 1. The van der Waals surface area contributed by atoms with Gasteiger partial charge in [-0.1, -0.05) is 73.3 Å². The predicted octanol–water partition coefficient (Wildman–Crippen LogP) is 4.94. The number of anilines is 1.